The topological polar surface area (TPSA) is 75.3 Å². The molecule has 1 aromatic carbocycles. The highest BCUT2D eigenvalue weighted by atomic mass is 35.5. The number of carbonyl (C=O) groups is 1. The van der Waals surface area contributed by atoms with Gasteiger partial charge >= 0.3 is 0 Å². The zero-order valence-corrected chi connectivity index (χ0v) is 14.0. The zero-order chi connectivity index (χ0) is 17.1. The lowest BCUT2D eigenvalue weighted by molar-refractivity contribution is 0.0900. The van der Waals surface area contributed by atoms with E-state index in [0.29, 0.717) is 37.2 Å². The molecule has 0 unspecified atom stereocenters. The van der Waals surface area contributed by atoms with Crippen LogP contribution in [0.1, 0.15) is 23.2 Å². The average Bonchev–Trinajstić information content (AvgIpc) is 2.64. The Morgan fingerprint density at radius 1 is 1.29 bits per heavy atom. The van der Waals surface area contributed by atoms with Gasteiger partial charge in [0.25, 0.3) is 5.56 Å². The van der Waals surface area contributed by atoms with Crippen molar-refractivity contribution in [1.29, 1.82) is 0 Å². The molecular formula is C17H18ClN3O3. The third kappa shape index (κ3) is 3.28. The fraction of sp³-hybridized carbons (Fsp3) is 0.353. The van der Waals surface area contributed by atoms with Crippen LogP contribution in [0.15, 0.2) is 35.3 Å². The number of ether oxygens (including phenoxy) is 1. The molecule has 0 saturated carbocycles. The van der Waals surface area contributed by atoms with Crippen LogP contribution in [0.25, 0.3) is 0 Å². The Bertz CT molecular complexity index is 780. The highest BCUT2D eigenvalue weighted by Gasteiger charge is 2.27. The fourth-order valence-electron chi connectivity index (χ4n) is 2.97. The summed E-state index contributed by atoms with van der Waals surface area (Å²) >= 11 is 6.05. The summed E-state index contributed by atoms with van der Waals surface area (Å²) in [6, 6.07) is 7.18. The number of nitrogens with zero attached hydrogens (tertiary/aromatic N) is 2. The van der Waals surface area contributed by atoms with Crippen molar-refractivity contribution in [2.24, 2.45) is 5.92 Å². The Hall–Kier alpha value is -2.34. The Labute approximate surface area is 144 Å². The van der Waals surface area contributed by atoms with E-state index in [4.69, 9.17) is 16.3 Å². The highest BCUT2D eigenvalue weighted by Crippen LogP contribution is 2.28. The van der Waals surface area contributed by atoms with Gasteiger partial charge in [-0.3, -0.25) is 9.59 Å². The Balaban J connectivity index is 1.67. The van der Waals surface area contributed by atoms with Gasteiger partial charge in [0.2, 0.25) is 0 Å². The number of benzene rings is 1. The van der Waals surface area contributed by atoms with Crippen LogP contribution in [0.5, 0.6) is 5.75 Å². The number of Topliss-reactive ketones (excluding diaryl/α,β-unsaturated/α-hetero) is 1. The van der Waals surface area contributed by atoms with Crippen molar-refractivity contribution in [3.05, 3.63) is 51.4 Å². The average molecular weight is 348 g/mol. The largest absolute Gasteiger partial charge is 0.497 e. The molecule has 0 spiro atoms. The minimum absolute atomic E-state index is 0.0247. The van der Waals surface area contributed by atoms with Crippen molar-refractivity contribution in [1.82, 2.24) is 10.2 Å². The Kier molecular flexibility index (Phi) is 4.85. The van der Waals surface area contributed by atoms with Gasteiger partial charge in [-0.25, -0.2) is 5.10 Å². The second-order valence-electron chi connectivity index (χ2n) is 5.75. The molecule has 7 heteroatoms. The molecule has 24 heavy (non-hydrogen) atoms. The summed E-state index contributed by atoms with van der Waals surface area (Å²) in [6.45, 7) is 1.33. The van der Waals surface area contributed by atoms with E-state index in [1.165, 1.54) is 0 Å². The van der Waals surface area contributed by atoms with E-state index in [2.05, 4.69) is 10.2 Å². The van der Waals surface area contributed by atoms with Crippen LogP contribution >= 0.6 is 11.6 Å². The van der Waals surface area contributed by atoms with Crippen molar-refractivity contribution in [2.75, 3.05) is 25.1 Å². The van der Waals surface area contributed by atoms with Gasteiger partial charge < -0.3 is 9.64 Å². The number of aromatic amines is 1. The number of hydrogen-bond acceptors (Lipinski definition) is 5. The number of aromatic nitrogens is 2. The first-order chi connectivity index (χ1) is 11.6. The molecule has 0 bridgehead atoms. The van der Waals surface area contributed by atoms with Crippen LogP contribution in [0.4, 0.5) is 5.69 Å². The number of methoxy groups -OCH3 is 1. The minimum Gasteiger partial charge on any atom is -0.497 e. The molecule has 0 radical (unpaired) electrons. The molecular weight excluding hydrogens is 330 g/mol. The lowest BCUT2D eigenvalue weighted by atomic mass is 9.88. The van der Waals surface area contributed by atoms with Crippen molar-refractivity contribution in [3.63, 3.8) is 0 Å². The summed E-state index contributed by atoms with van der Waals surface area (Å²) in [6.07, 6.45) is 2.98. The quantitative estimate of drug-likeness (QED) is 0.860. The van der Waals surface area contributed by atoms with Gasteiger partial charge in [0.15, 0.2) is 5.78 Å². The maximum atomic E-state index is 12.6. The number of H-pyrrole nitrogens is 1. The molecule has 1 aromatic heterocycles. The molecule has 6 nitrogen and oxygen atoms in total. The van der Waals surface area contributed by atoms with Crippen molar-refractivity contribution >= 4 is 23.1 Å². The molecule has 126 valence electrons. The van der Waals surface area contributed by atoms with Gasteiger partial charge in [0.05, 0.1) is 19.0 Å². The van der Waals surface area contributed by atoms with Crippen LogP contribution in [0.2, 0.25) is 5.02 Å². The predicted molar refractivity (Wildman–Crippen MR) is 92.1 cm³/mol. The van der Waals surface area contributed by atoms with Crippen LogP contribution in [-0.2, 0) is 0 Å². The monoisotopic (exact) mass is 347 g/mol. The summed E-state index contributed by atoms with van der Waals surface area (Å²) in [4.78, 5) is 26.2. The molecule has 2 aromatic rings. The van der Waals surface area contributed by atoms with Crippen molar-refractivity contribution in [2.45, 2.75) is 12.8 Å². The predicted octanol–water partition coefficient (Wildman–Crippen LogP) is 2.53. The first-order valence-corrected chi connectivity index (χ1v) is 8.14. The number of nitrogens with one attached hydrogen (secondary N) is 1. The van der Waals surface area contributed by atoms with Gasteiger partial charge in [0, 0.05) is 24.6 Å². The lowest BCUT2D eigenvalue weighted by Gasteiger charge is -2.33. The molecule has 0 atom stereocenters. The van der Waals surface area contributed by atoms with Gasteiger partial charge in [-0.2, -0.15) is 5.10 Å². The van der Waals surface area contributed by atoms with Gasteiger partial charge in [0.1, 0.15) is 10.8 Å². The van der Waals surface area contributed by atoms with E-state index in [1.807, 2.05) is 4.90 Å². The number of halogens is 1. The van der Waals surface area contributed by atoms with E-state index >= 15 is 0 Å². The summed E-state index contributed by atoms with van der Waals surface area (Å²) in [7, 11) is 1.60. The Morgan fingerprint density at radius 3 is 2.58 bits per heavy atom. The van der Waals surface area contributed by atoms with E-state index in [1.54, 1.807) is 37.6 Å². The third-order valence-electron chi connectivity index (χ3n) is 4.36. The fourth-order valence-corrected chi connectivity index (χ4v) is 3.18. The molecule has 1 fully saturated rings. The number of hydrogen-bond donors (Lipinski definition) is 1. The standard InChI is InChI=1S/C17H18ClN3O3/c1-24-13-4-2-11(3-5-13)16(22)12-6-8-21(9-7-12)14-10-19-20-17(23)15(14)18/h2-5,10,12H,6-9H2,1H3,(H,20,23). The Morgan fingerprint density at radius 2 is 1.96 bits per heavy atom. The van der Waals surface area contributed by atoms with Gasteiger partial charge in [-0.15, -0.1) is 0 Å². The minimum atomic E-state index is -0.398. The number of carbonyl (C=O) groups excluding carboxylic acids is 1. The van der Waals surface area contributed by atoms with Crippen LogP contribution in [-0.4, -0.2) is 36.2 Å². The number of rotatable bonds is 4. The molecule has 1 N–H and O–H groups in total. The van der Waals surface area contributed by atoms with E-state index in [-0.39, 0.29) is 16.7 Å². The van der Waals surface area contributed by atoms with Gasteiger partial charge in [-0.1, -0.05) is 11.6 Å². The molecule has 1 saturated heterocycles. The van der Waals surface area contributed by atoms with Crippen molar-refractivity contribution in [3.8, 4) is 5.75 Å². The third-order valence-corrected chi connectivity index (χ3v) is 4.72. The maximum Gasteiger partial charge on any atom is 0.285 e. The van der Waals surface area contributed by atoms with E-state index in [9.17, 15) is 9.59 Å². The first kappa shape index (κ1) is 16.5. The second-order valence-corrected chi connectivity index (χ2v) is 6.13. The molecule has 0 amide bonds. The molecule has 1 aliphatic heterocycles. The zero-order valence-electron chi connectivity index (χ0n) is 13.3. The normalized spacial score (nSPS) is 15.3. The van der Waals surface area contributed by atoms with E-state index in [0.717, 1.165) is 5.75 Å². The number of ketones is 1. The first-order valence-electron chi connectivity index (χ1n) is 7.76. The highest BCUT2D eigenvalue weighted by molar-refractivity contribution is 6.33. The second kappa shape index (κ2) is 7.05. The molecule has 0 aliphatic carbocycles. The van der Waals surface area contributed by atoms with Crippen LogP contribution < -0.4 is 15.2 Å². The molecule has 1 aliphatic rings. The van der Waals surface area contributed by atoms with Crippen LogP contribution in [0.3, 0.4) is 0 Å². The SMILES string of the molecule is COc1ccc(C(=O)C2CCN(c3cn[nH]c(=O)c3Cl)CC2)cc1. The summed E-state index contributed by atoms with van der Waals surface area (Å²) < 4.78 is 5.11. The van der Waals surface area contributed by atoms with Crippen LogP contribution in [0, 0.1) is 5.92 Å². The van der Waals surface area contributed by atoms with Gasteiger partial charge in [-0.05, 0) is 37.1 Å². The summed E-state index contributed by atoms with van der Waals surface area (Å²) in [5, 5.41) is 6.25. The summed E-state index contributed by atoms with van der Waals surface area (Å²) in [5.41, 5.74) is 0.923. The van der Waals surface area contributed by atoms with Crippen molar-refractivity contribution < 1.29 is 9.53 Å². The van der Waals surface area contributed by atoms with E-state index < -0.39 is 5.56 Å². The number of anilines is 1. The summed E-state index contributed by atoms with van der Waals surface area (Å²) in [5.74, 6) is 0.855. The lowest BCUT2D eigenvalue weighted by Crippen LogP contribution is -2.37. The molecule has 2 heterocycles. The number of piperidine rings is 1. The maximum absolute atomic E-state index is 12.6. The molecule has 3 rings (SSSR count). The smallest absolute Gasteiger partial charge is 0.285 e.